The highest BCUT2D eigenvalue weighted by atomic mass is 32.1. The molecule has 0 unspecified atom stereocenters. The molecule has 0 aliphatic rings. The van der Waals surface area contributed by atoms with Gasteiger partial charge in [-0.25, -0.2) is 4.39 Å². The summed E-state index contributed by atoms with van der Waals surface area (Å²) < 4.78 is 13.1. The zero-order valence-electron chi connectivity index (χ0n) is 9.87. The van der Waals surface area contributed by atoms with Gasteiger partial charge in [0.1, 0.15) is 5.82 Å². The van der Waals surface area contributed by atoms with Crippen molar-refractivity contribution >= 4 is 11.3 Å². The first kappa shape index (κ1) is 12.3. The van der Waals surface area contributed by atoms with Crippen molar-refractivity contribution in [2.75, 3.05) is 6.54 Å². The molecular weight excluding hydrogens is 233 g/mol. The fourth-order valence-corrected chi connectivity index (χ4v) is 2.42. The highest BCUT2D eigenvalue weighted by Gasteiger charge is 2.00. The van der Waals surface area contributed by atoms with Crippen LogP contribution in [0.3, 0.4) is 0 Å². The molecule has 0 aliphatic heterocycles. The van der Waals surface area contributed by atoms with Gasteiger partial charge >= 0.3 is 0 Å². The van der Waals surface area contributed by atoms with Crippen LogP contribution in [0.25, 0.3) is 0 Å². The van der Waals surface area contributed by atoms with Gasteiger partial charge in [0.2, 0.25) is 0 Å². The average Bonchev–Trinajstić information content (AvgIpc) is 2.82. The minimum absolute atomic E-state index is 0.162. The van der Waals surface area contributed by atoms with Crippen molar-refractivity contribution in [3.63, 3.8) is 0 Å². The lowest BCUT2D eigenvalue weighted by atomic mass is 10.1. The monoisotopic (exact) mass is 249 g/mol. The number of benzene rings is 1. The van der Waals surface area contributed by atoms with E-state index in [4.69, 9.17) is 0 Å². The van der Waals surface area contributed by atoms with Crippen molar-refractivity contribution in [1.29, 1.82) is 0 Å². The topological polar surface area (TPSA) is 12.0 Å². The molecule has 1 nitrogen and oxygen atoms in total. The second-order valence-electron chi connectivity index (χ2n) is 4.13. The summed E-state index contributed by atoms with van der Waals surface area (Å²) in [6.07, 6.45) is 1.03. The molecule has 2 aromatic rings. The molecule has 1 aromatic heterocycles. The van der Waals surface area contributed by atoms with Crippen molar-refractivity contribution < 1.29 is 4.39 Å². The van der Waals surface area contributed by atoms with Crippen LogP contribution in [0.4, 0.5) is 4.39 Å². The summed E-state index contributed by atoms with van der Waals surface area (Å²) in [7, 11) is 0. The number of nitrogens with one attached hydrogen (secondary N) is 1. The number of hydrogen-bond acceptors (Lipinski definition) is 2. The van der Waals surface area contributed by atoms with Crippen LogP contribution in [-0.2, 0) is 13.0 Å². The summed E-state index contributed by atoms with van der Waals surface area (Å²) in [5.74, 6) is -0.162. The lowest BCUT2D eigenvalue weighted by Crippen LogP contribution is -2.17. The van der Waals surface area contributed by atoms with E-state index in [-0.39, 0.29) is 5.82 Å². The maximum atomic E-state index is 13.1. The number of halogens is 1. The Morgan fingerprint density at radius 3 is 2.94 bits per heavy atom. The van der Waals surface area contributed by atoms with Crippen molar-refractivity contribution in [2.45, 2.75) is 19.9 Å². The Morgan fingerprint density at radius 2 is 2.18 bits per heavy atom. The molecule has 0 spiro atoms. The van der Waals surface area contributed by atoms with Gasteiger partial charge in [0.15, 0.2) is 0 Å². The van der Waals surface area contributed by atoms with E-state index < -0.39 is 0 Å². The highest BCUT2D eigenvalue weighted by molar-refractivity contribution is 7.07. The Kier molecular flexibility index (Phi) is 4.29. The second-order valence-corrected chi connectivity index (χ2v) is 4.91. The number of hydrogen-bond donors (Lipinski definition) is 1. The standard InChI is InChI=1S/C14H16FNS/c1-11-2-3-14(15)8-13(11)9-16-6-4-12-5-7-17-10-12/h2-3,5,7-8,10,16H,4,6,9H2,1H3. The number of thiophene rings is 1. The number of rotatable bonds is 5. The maximum Gasteiger partial charge on any atom is 0.123 e. The predicted octanol–water partition coefficient (Wildman–Crippen LogP) is 3.53. The molecule has 0 fully saturated rings. The van der Waals surface area contributed by atoms with E-state index in [1.807, 2.05) is 13.0 Å². The van der Waals surface area contributed by atoms with Gasteiger partial charge in [-0.1, -0.05) is 6.07 Å². The predicted molar refractivity (Wildman–Crippen MR) is 70.9 cm³/mol. The normalized spacial score (nSPS) is 10.7. The first-order chi connectivity index (χ1) is 8.25. The largest absolute Gasteiger partial charge is 0.312 e. The fourth-order valence-electron chi connectivity index (χ4n) is 1.72. The Morgan fingerprint density at radius 1 is 1.29 bits per heavy atom. The van der Waals surface area contributed by atoms with E-state index in [0.717, 1.165) is 30.6 Å². The molecule has 0 bridgehead atoms. The summed E-state index contributed by atoms with van der Waals surface area (Å²) in [5, 5.41) is 7.60. The second kappa shape index (κ2) is 5.94. The smallest absolute Gasteiger partial charge is 0.123 e. The summed E-state index contributed by atoms with van der Waals surface area (Å²) >= 11 is 1.72. The van der Waals surface area contributed by atoms with Gasteiger partial charge in [0.25, 0.3) is 0 Å². The average molecular weight is 249 g/mol. The zero-order valence-corrected chi connectivity index (χ0v) is 10.7. The van der Waals surface area contributed by atoms with E-state index in [9.17, 15) is 4.39 Å². The van der Waals surface area contributed by atoms with E-state index in [0.29, 0.717) is 0 Å². The minimum Gasteiger partial charge on any atom is -0.312 e. The summed E-state index contributed by atoms with van der Waals surface area (Å²) in [6.45, 7) is 3.66. The maximum absolute atomic E-state index is 13.1. The van der Waals surface area contributed by atoms with E-state index in [2.05, 4.69) is 22.1 Å². The van der Waals surface area contributed by atoms with Crippen LogP contribution in [0.5, 0.6) is 0 Å². The third kappa shape index (κ3) is 3.65. The lowest BCUT2D eigenvalue weighted by molar-refractivity contribution is 0.619. The fraction of sp³-hybridized carbons (Fsp3) is 0.286. The van der Waals surface area contributed by atoms with Gasteiger partial charge in [-0.3, -0.25) is 0 Å². The Labute approximate surface area is 105 Å². The molecule has 0 radical (unpaired) electrons. The Bertz CT molecular complexity index is 465. The highest BCUT2D eigenvalue weighted by Crippen LogP contribution is 2.10. The molecule has 17 heavy (non-hydrogen) atoms. The molecule has 1 heterocycles. The number of aryl methyl sites for hydroxylation is 1. The zero-order chi connectivity index (χ0) is 12.1. The van der Waals surface area contributed by atoms with Crippen molar-refractivity contribution in [1.82, 2.24) is 5.32 Å². The minimum atomic E-state index is -0.162. The van der Waals surface area contributed by atoms with Crippen LogP contribution >= 0.6 is 11.3 Å². The molecule has 0 saturated carbocycles. The first-order valence-corrected chi connectivity index (χ1v) is 6.67. The quantitative estimate of drug-likeness (QED) is 0.799. The van der Waals surface area contributed by atoms with E-state index >= 15 is 0 Å². The molecular formula is C14H16FNS. The van der Waals surface area contributed by atoms with Crippen molar-refractivity contribution in [2.24, 2.45) is 0 Å². The molecule has 0 atom stereocenters. The van der Waals surface area contributed by atoms with Crippen LogP contribution in [0.15, 0.2) is 35.0 Å². The summed E-state index contributed by atoms with van der Waals surface area (Å²) in [6, 6.07) is 7.07. The van der Waals surface area contributed by atoms with E-state index in [1.54, 1.807) is 17.4 Å². The summed E-state index contributed by atoms with van der Waals surface area (Å²) in [5.41, 5.74) is 3.53. The molecule has 3 heteroatoms. The Hall–Kier alpha value is -1.19. The van der Waals surface area contributed by atoms with E-state index in [1.165, 1.54) is 11.6 Å². The molecule has 1 aromatic carbocycles. The van der Waals surface area contributed by atoms with Gasteiger partial charge in [-0.05, 0) is 65.5 Å². The lowest BCUT2D eigenvalue weighted by Gasteiger charge is -2.07. The van der Waals surface area contributed by atoms with Crippen LogP contribution in [-0.4, -0.2) is 6.54 Å². The Balaban J connectivity index is 1.80. The first-order valence-electron chi connectivity index (χ1n) is 5.72. The van der Waals surface area contributed by atoms with Gasteiger partial charge in [-0.15, -0.1) is 0 Å². The van der Waals surface area contributed by atoms with Crippen molar-refractivity contribution in [3.05, 3.63) is 57.5 Å². The molecule has 2 rings (SSSR count). The molecule has 0 aliphatic carbocycles. The molecule has 0 amide bonds. The third-order valence-corrected chi connectivity index (χ3v) is 3.53. The van der Waals surface area contributed by atoms with Crippen molar-refractivity contribution in [3.8, 4) is 0 Å². The SMILES string of the molecule is Cc1ccc(F)cc1CNCCc1ccsc1. The van der Waals surface area contributed by atoms with Gasteiger partial charge in [0.05, 0.1) is 0 Å². The van der Waals surface area contributed by atoms with Crippen LogP contribution in [0, 0.1) is 12.7 Å². The van der Waals surface area contributed by atoms with Gasteiger partial charge < -0.3 is 5.32 Å². The summed E-state index contributed by atoms with van der Waals surface area (Å²) in [4.78, 5) is 0. The van der Waals surface area contributed by atoms with Gasteiger partial charge in [0, 0.05) is 6.54 Å². The van der Waals surface area contributed by atoms with Crippen LogP contribution in [0.1, 0.15) is 16.7 Å². The molecule has 0 saturated heterocycles. The third-order valence-electron chi connectivity index (χ3n) is 2.80. The molecule has 90 valence electrons. The van der Waals surface area contributed by atoms with Gasteiger partial charge in [-0.2, -0.15) is 11.3 Å². The van der Waals surface area contributed by atoms with Crippen LogP contribution in [0.2, 0.25) is 0 Å². The van der Waals surface area contributed by atoms with Crippen LogP contribution < -0.4 is 5.32 Å². The molecule has 1 N–H and O–H groups in total.